The Hall–Kier alpha value is -1.71. The summed E-state index contributed by atoms with van der Waals surface area (Å²) >= 11 is 0. The SMILES string of the molecule is O=C(Cc1c2c(cc3c1OCC3)OCC2)N1CCCCC1. The second-order valence-corrected chi connectivity index (χ2v) is 6.14. The molecule has 0 unspecified atom stereocenters. The molecule has 3 aliphatic heterocycles. The van der Waals surface area contributed by atoms with E-state index in [1.807, 2.05) is 4.90 Å². The third kappa shape index (κ3) is 2.27. The van der Waals surface area contributed by atoms with Gasteiger partial charge in [-0.3, -0.25) is 4.79 Å². The Bertz CT molecular complexity index is 544. The zero-order valence-electron chi connectivity index (χ0n) is 12.3. The van der Waals surface area contributed by atoms with E-state index in [1.54, 1.807) is 0 Å². The van der Waals surface area contributed by atoms with Crippen molar-refractivity contribution in [2.75, 3.05) is 26.3 Å². The van der Waals surface area contributed by atoms with Crippen molar-refractivity contribution >= 4 is 5.91 Å². The summed E-state index contributed by atoms with van der Waals surface area (Å²) in [6.45, 7) is 3.27. The number of piperidine rings is 1. The minimum absolute atomic E-state index is 0.243. The summed E-state index contributed by atoms with van der Waals surface area (Å²) in [6.07, 6.45) is 5.81. The van der Waals surface area contributed by atoms with E-state index in [0.29, 0.717) is 6.42 Å². The van der Waals surface area contributed by atoms with Crippen LogP contribution in [0.15, 0.2) is 6.07 Å². The van der Waals surface area contributed by atoms with Crippen molar-refractivity contribution in [3.63, 3.8) is 0 Å². The number of likely N-dealkylation sites (tertiary alicyclic amines) is 1. The minimum Gasteiger partial charge on any atom is -0.493 e. The Balaban J connectivity index is 1.64. The largest absolute Gasteiger partial charge is 0.493 e. The predicted octanol–water partition coefficient (Wildman–Crippen LogP) is 2.11. The quantitative estimate of drug-likeness (QED) is 0.836. The van der Waals surface area contributed by atoms with Crippen molar-refractivity contribution in [1.82, 2.24) is 4.90 Å². The van der Waals surface area contributed by atoms with Gasteiger partial charge in [-0.2, -0.15) is 0 Å². The van der Waals surface area contributed by atoms with Gasteiger partial charge >= 0.3 is 0 Å². The molecule has 0 spiro atoms. The van der Waals surface area contributed by atoms with E-state index < -0.39 is 0 Å². The Kier molecular flexibility index (Phi) is 3.24. The second-order valence-electron chi connectivity index (χ2n) is 6.14. The van der Waals surface area contributed by atoms with Gasteiger partial charge in [-0.15, -0.1) is 0 Å². The fourth-order valence-corrected chi connectivity index (χ4v) is 3.68. The summed E-state index contributed by atoms with van der Waals surface area (Å²) in [5.41, 5.74) is 3.49. The van der Waals surface area contributed by atoms with E-state index in [0.717, 1.165) is 69.0 Å². The number of carbonyl (C=O) groups is 1. The molecular formula is C17H21NO3. The number of benzene rings is 1. The van der Waals surface area contributed by atoms with Crippen LogP contribution in [0.25, 0.3) is 0 Å². The van der Waals surface area contributed by atoms with Crippen LogP contribution in [0.1, 0.15) is 36.0 Å². The highest BCUT2D eigenvalue weighted by Gasteiger charge is 2.28. The van der Waals surface area contributed by atoms with Crippen LogP contribution in [-0.4, -0.2) is 37.1 Å². The Morgan fingerprint density at radius 2 is 1.90 bits per heavy atom. The van der Waals surface area contributed by atoms with Crippen LogP contribution in [0.3, 0.4) is 0 Å². The highest BCUT2D eigenvalue weighted by Crippen LogP contribution is 2.41. The minimum atomic E-state index is 0.243. The van der Waals surface area contributed by atoms with Gasteiger partial charge in [-0.1, -0.05) is 0 Å². The standard InChI is InChI=1S/C17H21NO3/c19-16(18-6-2-1-3-7-18)11-14-13-5-9-20-15(13)10-12-4-8-21-17(12)14/h10H,1-9,11H2. The van der Waals surface area contributed by atoms with Gasteiger partial charge in [-0.05, 0) is 25.3 Å². The highest BCUT2D eigenvalue weighted by atomic mass is 16.5. The first kappa shape index (κ1) is 13.0. The zero-order valence-corrected chi connectivity index (χ0v) is 12.3. The summed E-state index contributed by atoms with van der Waals surface area (Å²) in [7, 11) is 0. The number of hydrogen-bond donors (Lipinski definition) is 0. The van der Waals surface area contributed by atoms with Crippen molar-refractivity contribution in [3.05, 3.63) is 22.8 Å². The summed E-state index contributed by atoms with van der Waals surface area (Å²) < 4.78 is 11.5. The molecule has 0 saturated carbocycles. The van der Waals surface area contributed by atoms with Gasteiger partial charge in [0, 0.05) is 42.6 Å². The lowest BCUT2D eigenvalue weighted by Crippen LogP contribution is -2.36. The van der Waals surface area contributed by atoms with Crippen LogP contribution in [0.2, 0.25) is 0 Å². The Morgan fingerprint density at radius 1 is 1.10 bits per heavy atom. The number of carbonyl (C=O) groups excluding carboxylic acids is 1. The van der Waals surface area contributed by atoms with Crippen molar-refractivity contribution in [2.45, 2.75) is 38.5 Å². The molecule has 112 valence electrons. The van der Waals surface area contributed by atoms with E-state index in [4.69, 9.17) is 9.47 Å². The molecule has 0 radical (unpaired) electrons. The molecule has 3 heterocycles. The maximum absolute atomic E-state index is 12.6. The number of fused-ring (bicyclic) bond motifs is 2. The number of ether oxygens (including phenoxy) is 2. The summed E-state index contributed by atoms with van der Waals surface area (Å²) in [5, 5.41) is 0. The molecule has 3 aliphatic rings. The van der Waals surface area contributed by atoms with Gasteiger partial charge in [0.15, 0.2) is 0 Å². The van der Waals surface area contributed by atoms with E-state index in [9.17, 15) is 4.79 Å². The molecule has 1 fully saturated rings. The zero-order chi connectivity index (χ0) is 14.2. The Labute approximate surface area is 125 Å². The van der Waals surface area contributed by atoms with Crippen LogP contribution < -0.4 is 9.47 Å². The smallest absolute Gasteiger partial charge is 0.227 e. The van der Waals surface area contributed by atoms with Gasteiger partial charge in [0.2, 0.25) is 5.91 Å². The predicted molar refractivity (Wildman–Crippen MR) is 79.0 cm³/mol. The number of amides is 1. The van der Waals surface area contributed by atoms with Gasteiger partial charge in [0.05, 0.1) is 19.6 Å². The van der Waals surface area contributed by atoms with Crippen LogP contribution in [-0.2, 0) is 24.1 Å². The van der Waals surface area contributed by atoms with Crippen LogP contribution in [0.5, 0.6) is 11.5 Å². The van der Waals surface area contributed by atoms with Crippen LogP contribution in [0, 0.1) is 0 Å². The third-order valence-corrected chi connectivity index (χ3v) is 4.80. The van der Waals surface area contributed by atoms with Crippen molar-refractivity contribution < 1.29 is 14.3 Å². The first-order chi connectivity index (χ1) is 10.3. The monoisotopic (exact) mass is 287 g/mol. The molecule has 0 aliphatic carbocycles. The molecule has 4 heteroatoms. The molecule has 0 N–H and O–H groups in total. The van der Waals surface area contributed by atoms with E-state index in [2.05, 4.69) is 6.07 Å². The molecule has 0 aromatic heterocycles. The average Bonchev–Trinajstić information content (AvgIpc) is 3.16. The number of nitrogens with zero attached hydrogens (tertiary/aromatic N) is 1. The summed E-state index contributed by atoms with van der Waals surface area (Å²) in [6, 6.07) is 2.11. The van der Waals surface area contributed by atoms with Crippen LogP contribution in [0.4, 0.5) is 0 Å². The van der Waals surface area contributed by atoms with Gasteiger partial charge in [0.25, 0.3) is 0 Å². The van der Waals surface area contributed by atoms with Gasteiger partial charge in [0.1, 0.15) is 11.5 Å². The molecule has 1 saturated heterocycles. The molecule has 1 amide bonds. The van der Waals surface area contributed by atoms with E-state index in [1.165, 1.54) is 17.5 Å². The van der Waals surface area contributed by atoms with Gasteiger partial charge in [-0.25, -0.2) is 0 Å². The third-order valence-electron chi connectivity index (χ3n) is 4.80. The molecule has 0 atom stereocenters. The lowest BCUT2D eigenvalue weighted by molar-refractivity contribution is -0.131. The molecule has 21 heavy (non-hydrogen) atoms. The number of rotatable bonds is 2. The van der Waals surface area contributed by atoms with Crippen molar-refractivity contribution in [2.24, 2.45) is 0 Å². The van der Waals surface area contributed by atoms with Crippen molar-refractivity contribution in [1.29, 1.82) is 0 Å². The lowest BCUT2D eigenvalue weighted by Gasteiger charge is -2.27. The Morgan fingerprint density at radius 3 is 2.76 bits per heavy atom. The molecule has 4 rings (SSSR count). The highest BCUT2D eigenvalue weighted by molar-refractivity contribution is 5.81. The molecule has 1 aromatic carbocycles. The average molecular weight is 287 g/mol. The molecule has 4 nitrogen and oxygen atoms in total. The topological polar surface area (TPSA) is 38.8 Å². The summed E-state index contributed by atoms with van der Waals surface area (Å²) in [5.74, 6) is 2.18. The first-order valence-corrected chi connectivity index (χ1v) is 8.04. The fourth-order valence-electron chi connectivity index (χ4n) is 3.68. The molecule has 1 aromatic rings. The molecule has 0 bridgehead atoms. The van der Waals surface area contributed by atoms with Crippen molar-refractivity contribution in [3.8, 4) is 11.5 Å². The fraction of sp³-hybridized carbons (Fsp3) is 0.588. The maximum atomic E-state index is 12.6. The molecular weight excluding hydrogens is 266 g/mol. The maximum Gasteiger partial charge on any atom is 0.227 e. The second kappa shape index (κ2) is 5.24. The first-order valence-electron chi connectivity index (χ1n) is 8.04. The lowest BCUT2D eigenvalue weighted by atomic mass is 9.96. The summed E-state index contributed by atoms with van der Waals surface area (Å²) in [4.78, 5) is 14.6. The van der Waals surface area contributed by atoms with E-state index in [-0.39, 0.29) is 5.91 Å². The van der Waals surface area contributed by atoms with E-state index >= 15 is 0 Å². The number of hydrogen-bond acceptors (Lipinski definition) is 3. The van der Waals surface area contributed by atoms with Crippen LogP contribution >= 0.6 is 0 Å². The van der Waals surface area contributed by atoms with Gasteiger partial charge < -0.3 is 14.4 Å². The normalized spacial score (nSPS) is 19.7.